The molecule has 0 atom stereocenters. The van der Waals surface area contributed by atoms with Gasteiger partial charge in [0.1, 0.15) is 5.75 Å². The van der Waals surface area contributed by atoms with Crippen molar-refractivity contribution < 1.29 is 4.52 Å². The van der Waals surface area contributed by atoms with Crippen LogP contribution in [0.25, 0.3) is 22.3 Å². The largest absolute Gasteiger partial charge is 0.473 e. The summed E-state index contributed by atoms with van der Waals surface area (Å²) in [6.45, 7) is 11.3. The van der Waals surface area contributed by atoms with E-state index in [-0.39, 0.29) is 0 Å². The van der Waals surface area contributed by atoms with E-state index in [0.29, 0.717) is 0 Å². The Bertz CT molecular complexity index is 970. The summed E-state index contributed by atoms with van der Waals surface area (Å²) in [6.07, 6.45) is 7.35. The maximum absolute atomic E-state index is 6.75. The molecule has 0 aliphatic carbocycles. The third-order valence-electron chi connectivity index (χ3n) is 5.94. The summed E-state index contributed by atoms with van der Waals surface area (Å²) in [4.78, 5) is 0. The van der Waals surface area contributed by atoms with Crippen LogP contribution in [0.1, 0.15) is 56.2 Å². The number of benzene rings is 3. The zero-order valence-electron chi connectivity index (χ0n) is 19.9. The number of aryl methyl sites for hydroxylation is 2. The summed E-state index contributed by atoms with van der Waals surface area (Å²) >= 11 is 0. The monoisotopic (exact) mass is 432 g/mol. The Balaban J connectivity index is 2.06. The molecule has 0 radical (unpaired) electrons. The van der Waals surface area contributed by atoms with Crippen LogP contribution in [0.15, 0.2) is 60.7 Å². The maximum Gasteiger partial charge on any atom is 0.131 e. The van der Waals surface area contributed by atoms with E-state index in [1.54, 1.807) is 0 Å². The Morgan fingerprint density at radius 3 is 1.94 bits per heavy atom. The van der Waals surface area contributed by atoms with Gasteiger partial charge in [0.15, 0.2) is 0 Å². The number of hydrogen-bond acceptors (Lipinski definition) is 1. The third-order valence-corrected chi connectivity index (χ3v) is 8.03. The molecule has 3 aromatic rings. The molecule has 0 amide bonds. The molecule has 0 unspecified atom stereocenters. The molecule has 0 aromatic heterocycles. The Hall–Kier alpha value is -2.11. The highest BCUT2D eigenvalue weighted by atomic mass is 31.1. The molecule has 0 spiro atoms. The summed E-state index contributed by atoms with van der Waals surface area (Å²) in [5.41, 5.74) is 9.16. The van der Waals surface area contributed by atoms with E-state index in [1.807, 2.05) is 0 Å². The Morgan fingerprint density at radius 2 is 1.29 bits per heavy atom. The molecule has 0 saturated carbocycles. The van der Waals surface area contributed by atoms with Gasteiger partial charge in [-0.25, -0.2) is 0 Å². The van der Waals surface area contributed by atoms with Crippen LogP contribution < -0.4 is 4.52 Å². The minimum atomic E-state index is -0.432. The average Bonchev–Trinajstić information content (AvgIpc) is 2.77. The van der Waals surface area contributed by atoms with Crippen LogP contribution in [0.5, 0.6) is 5.75 Å². The molecule has 2 heteroatoms. The number of rotatable bonds is 10. The first-order chi connectivity index (χ1) is 15.1. The summed E-state index contributed by atoms with van der Waals surface area (Å²) in [5, 5.41) is 0. The molecule has 1 nitrogen and oxygen atoms in total. The molecule has 0 aliphatic heterocycles. The molecule has 3 rings (SSSR count). The van der Waals surface area contributed by atoms with E-state index in [2.05, 4.69) is 95.3 Å². The average molecular weight is 433 g/mol. The molecule has 0 saturated heterocycles. The predicted molar refractivity (Wildman–Crippen MR) is 139 cm³/mol. The van der Waals surface area contributed by atoms with Crippen LogP contribution in [-0.2, 0) is 0 Å². The fraction of sp³-hybridized carbons (Fsp3) is 0.379. The van der Waals surface area contributed by atoms with Gasteiger partial charge in [-0.05, 0) is 73.1 Å². The summed E-state index contributed by atoms with van der Waals surface area (Å²) in [6, 6.07) is 21.8. The molecule has 0 bridgehead atoms. The minimum Gasteiger partial charge on any atom is -0.473 e. The van der Waals surface area contributed by atoms with Crippen molar-refractivity contribution in [3.8, 4) is 28.0 Å². The highest BCUT2D eigenvalue weighted by Gasteiger charge is 2.19. The smallest absolute Gasteiger partial charge is 0.131 e. The SMILES string of the molecule is CCCCP(CCCC)Oc1ccccc1-c1c(C)cc(C)c(-c2ccccc2)c1C. The topological polar surface area (TPSA) is 9.23 Å². The molecular weight excluding hydrogens is 395 g/mol. The molecular formula is C29H37OP. The van der Waals surface area contributed by atoms with Gasteiger partial charge in [0.2, 0.25) is 0 Å². The molecule has 0 aliphatic rings. The molecule has 31 heavy (non-hydrogen) atoms. The van der Waals surface area contributed by atoms with Crippen LogP contribution in [0.4, 0.5) is 0 Å². The first kappa shape index (κ1) is 23.6. The molecule has 0 N–H and O–H groups in total. The van der Waals surface area contributed by atoms with Crippen LogP contribution in [0, 0.1) is 20.8 Å². The van der Waals surface area contributed by atoms with Crippen molar-refractivity contribution in [2.75, 3.05) is 12.3 Å². The highest BCUT2D eigenvalue weighted by molar-refractivity contribution is 7.52. The second-order valence-electron chi connectivity index (χ2n) is 8.47. The number of unbranched alkanes of at least 4 members (excludes halogenated alkanes) is 2. The lowest BCUT2D eigenvalue weighted by Crippen LogP contribution is -2.01. The molecule has 0 fully saturated rings. The first-order valence-electron chi connectivity index (χ1n) is 11.7. The van der Waals surface area contributed by atoms with Gasteiger partial charge < -0.3 is 4.52 Å². The Morgan fingerprint density at radius 1 is 0.710 bits per heavy atom. The minimum absolute atomic E-state index is 0.432. The van der Waals surface area contributed by atoms with E-state index in [4.69, 9.17) is 4.52 Å². The van der Waals surface area contributed by atoms with Gasteiger partial charge in [-0.15, -0.1) is 0 Å². The van der Waals surface area contributed by atoms with E-state index < -0.39 is 8.15 Å². The Kier molecular flexibility index (Phi) is 8.73. The standard InChI is InChI=1S/C29H37OP/c1-6-8-19-31(20-9-7-2)30-27-18-14-13-17-26(27)29-23(4)21-22(3)28(24(29)5)25-15-11-10-12-16-25/h10-18,21H,6-9,19-20H2,1-5H3. The first-order valence-corrected chi connectivity index (χ1v) is 13.4. The zero-order chi connectivity index (χ0) is 22.2. The fourth-order valence-electron chi connectivity index (χ4n) is 4.41. The Labute approximate surface area is 190 Å². The zero-order valence-corrected chi connectivity index (χ0v) is 20.8. The summed E-state index contributed by atoms with van der Waals surface area (Å²) in [7, 11) is -0.432. The second kappa shape index (κ2) is 11.5. The summed E-state index contributed by atoms with van der Waals surface area (Å²) in [5.74, 6) is 1.05. The quantitative estimate of drug-likeness (QED) is 0.290. The van der Waals surface area contributed by atoms with Gasteiger partial charge >= 0.3 is 0 Å². The lowest BCUT2D eigenvalue weighted by Gasteiger charge is -2.23. The van der Waals surface area contributed by atoms with Crippen molar-refractivity contribution in [3.05, 3.63) is 77.4 Å². The van der Waals surface area contributed by atoms with Crippen LogP contribution >= 0.6 is 8.15 Å². The van der Waals surface area contributed by atoms with Crippen LogP contribution in [-0.4, -0.2) is 12.3 Å². The van der Waals surface area contributed by atoms with Crippen LogP contribution in [0.3, 0.4) is 0 Å². The van der Waals surface area contributed by atoms with Crippen molar-refractivity contribution in [2.45, 2.75) is 60.3 Å². The van der Waals surface area contributed by atoms with Gasteiger partial charge in [0.25, 0.3) is 0 Å². The molecule has 164 valence electrons. The number of hydrogen-bond donors (Lipinski definition) is 0. The molecule has 3 aromatic carbocycles. The van der Waals surface area contributed by atoms with Crippen molar-refractivity contribution >= 4 is 8.15 Å². The molecule has 0 heterocycles. The van der Waals surface area contributed by atoms with E-state index >= 15 is 0 Å². The van der Waals surface area contributed by atoms with Crippen molar-refractivity contribution in [3.63, 3.8) is 0 Å². The fourth-order valence-corrected chi connectivity index (χ4v) is 6.59. The van der Waals surface area contributed by atoms with Crippen molar-refractivity contribution in [2.24, 2.45) is 0 Å². The van der Waals surface area contributed by atoms with Gasteiger partial charge in [0.05, 0.1) is 8.15 Å². The lowest BCUT2D eigenvalue weighted by atomic mass is 9.86. The normalized spacial score (nSPS) is 11.2. The van der Waals surface area contributed by atoms with Gasteiger partial charge in [0, 0.05) is 17.9 Å². The van der Waals surface area contributed by atoms with Crippen LogP contribution in [0.2, 0.25) is 0 Å². The van der Waals surface area contributed by atoms with Gasteiger partial charge in [-0.1, -0.05) is 81.3 Å². The maximum atomic E-state index is 6.75. The van der Waals surface area contributed by atoms with Gasteiger partial charge in [-0.2, -0.15) is 0 Å². The van der Waals surface area contributed by atoms with E-state index in [9.17, 15) is 0 Å². The van der Waals surface area contributed by atoms with E-state index in [1.165, 1.54) is 77.0 Å². The van der Waals surface area contributed by atoms with Crippen molar-refractivity contribution in [1.29, 1.82) is 0 Å². The van der Waals surface area contributed by atoms with Crippen molar-refractivity contribution in [1.82, 2.24) is 0 Å². The highest BCUT2D eigenvalue weighted by Crippen LogP contribution is 2.46. The second-order valence-corrected chi connectivity index (χ2v) is 10.5. The lowest BCUT2D eigenvalue weighted by molar-refractivity contribution is 0.606. The summed E-state index contributed by atoms with van der Waals surface area (Å²) < 4.78 is 6.75. The number of para-hydroxylation sites is 1. The van der Waals surface area contributed by atoms with Gasteiger partial charge in [-0.3, -0.25) is 0 Å². The van der Waals surface area contributed by atoms with E-state index in [0.717, 1.165) is 5.75 Å². The third kappa shape index (κ3) is 5.78. The predicted octanol–water partition coefficient (Wildman–Crippen LogP) is 9.32.